The summed E-state index contributed by atoms with van der Waals surface area (Å²) in [5, 5.41) is 5.59. The first-order valence-electron chi connectivity index (χ1n) is 18.4. The Balaban J connectivity index is 0.000000202. The Labute approximate surface area is 321 Å². The van der Waals surface area contributed by atoms with E-state index >= 15 is 0 Å². The Morgan fingerprint density at radius 1 is 0.642 bits per heavy atom. The van der Waals surface area contributed by atoms with Crippen LogP contribution in [0, 0.1) is 0 Å². The third kappa shape index (κ3) is 14.3. The van der Waals surface area contributed by atoms with E-state index in [1.165, 1.54) is 42.6 Å². The van der Waals surface area contributed by atoms with Crippen molar-refractivity contribution < 1.29 is 26.4 Å². The van der Waals surface area contributed by atoms with Crippen LogP contribution in [0.3, 0.4) is 0 Å². The van der Waals surface area contributed by atoms with E-state index < -0.39 is 19.7 Å². The maximum atomic E-state index is 12.2. The van der Waals surface area contributed by atoms with Gasteiger partial charge >= 0.3 is 12.1 Å². The van der Waals surface area contributed by atoms with Gasteiger partial charge in [-0.05, 0) is 82.8 Å². The van der Waals surface area contributed by atoms with Crippen LogP contribution in [0.2, 0.25) is 0 Å². The van der Waals surface area contributed by atoms with Gasteiger partial charge in [-0.2, -0.15) is 0 Å². The molecular formula is C37H58ClN7O6S2. The van der Waals surface area contributed by atoms with Crippen molar-refractivity contribution in [1.29, 1.82) is 0 Å². The summed E-state index contributed by atoms with van der Waals surface area (Å²) in [6.45, 7) is 4.12. The second-order valence-corrected chi connectivity index (χ2v) is 19.6. The number of hydrogen-bond acceptors (Lipinski definition) is 9. The number of benzene rings is 2. The molecule has 2 aromatic rings. The van der Waals surface area contributed by atoms with Crippen molar-refractivity contribution in [2.45, 2.75) is 56.6 Å². The van der Waals surface area contributed by atoms with Gasteiger partial charge in [0.15, 0.2) is 19.7 Å². The van der Waals surface area contributed by atoms with Crippen LogP contribution in [0.4, 0.5) is 21.0 Å². The van der Waals surface area contributed by atoms with Crippen LogP contribution in [0.1, 0.15) is 43.2 Å². The van der Waals surface area contributed by atoms with E-state index in [0.29, 0.717) is 17.6 Å². The second kappa shape index (κ2) is 20.1. The molecule has 1 aliphatic carbocycles. The average molecular weight is 797 g/mol. The molecule has 1 saturated carbocycles. The summed E-state index contributed by atoms with van der Waals surface area (Å²) in [7, 11) is 2.66. The lowest BCUT2D eigenvalue weighted by Gasteiger charge is -2.26. The highest BCUT2D eigenvalue weighted by Crippen LogP contribution is 2.21. The number of sulfone groups is 2. The van der Waals surface area contributed by atoms with Crippen molar-refractivity contribution in [2.75, 3.05) is 101 Å². The minimum Gasteiger partial charge on any atom is -0.322 e. The highest BCUT2D eigenvalue weighted by Gasteiger charge is 2.27. The number of likely N-dealkylation sites (tertiary alicyclic amines) is 1. The number of nitrogens with zero attached hydrogens (tertiary/aromatic N) is 5. The molecule has 2 aromatic carbocycles. The van der Waals surface area contributed by atoms with Crippen LogP contribution in [0.25, 0.3) is 0 Å². The fraction of sp³-hybridized carbons (Fsp3) is 0.622. The summed E-state index contributed by atoms with van der Waals surface area (Å²) in [6.07, 6.45) is 6.94. The summed E-state index contributed by atoms with van der Waals surface area (Å²) in [5.41, 5.74) is 3.61. The molecule has 4 fully saturated rings. The monoisotopic (exact) mass is 795 g/mol. The fourth-order valence-corrected chi connectivity index (χ4v) is 9.24. The lowest BCUT2D eigenvalue weighted by Crippen LogP contribution is -2.45. The summed E-state index contributed by atoms with van der Waals surface area (Å²) < 4.78 is 45.5. The summed E-state index contributed by atoms with van der Waals surface area (Å²) in [4.78, 5) is 34.3. The molecule has 4 amide bonds. The van der Waals surface area contributed by atoms with Crippen LogP contribution in [-0.2, 0) is 32.1 Å². The maximum absolute atomic E-state index is 12.2. The van der Waals surface area contributed by atoms with Gasteiger partial charge in [0.1, 0.15) is 0 Å². The molecule has 296 valence electrons. The van der Waals surface area contributed by atoms with E-state index in [0.717, 1.165) is 36.9 Å². The Morgan fingerprint density at radius 3 is 1.42 bits per heavy atom. The van der Waals surface area contributed by atoms with Crippen molar-refractivity contribution >= 4 is 54.7 Å². The molecule has 16 heteroatoms. The van der Waals surface area contributed by atoms with Crippen molar-refractivity contribution in [2.24, 2.45) is 0 Å². The number of hydrogen-bond donors (Lipinski definition) is 2. The minimum absolute atomic E-state index is 0.0333. The Hall–Kier alpha value is -2.95. The van der Waals surface area contributed by atoms with E-state index in [4.69, 9.17) is 11.6 Å². The Morgan fingerprint density at radius 2 is 1.06 bits per heavy atom. The smallest absolute Gasteiger partial charge is 0.321 e. The first kappa shape index (κ1) is 42.8. The Bertz CT molecular complexity index is 1660. The zero-order valence-corrected chi connectivity index (χ0v) is 34.1. The number of carbonyl (C=O) groups is 2. The van der Waals surface area contributed by atoms with Crippen LogP contribution in [0.5, 0.6) is 0 Å². The zero-order chi connectivity index (χ0) is 38.6. The third-order valence-corrected chi connectivity index (χ3v) is 13.8. The van der Waals surface area contributed by atoms with Crippen LogP contribution < -0.4 is 10.6 Å². The van der Waals surface area contributed by atoms with Gasteiger partial charge in [0.2, 0.25) is 0 Å². The summed E-state index contributed by atoms with van der Waals surface area (Å²) >= 11 is 5.68. The van der Waals surface area contributed by atoms with E-state index in [2.05, 4.69) is 53.5 Å². The molecule has 3 saturated heterocycles. The molecule has 0 aromatic heterocycles. The van der Waals surface area contributed by atoms with Gasteiger partial charge in [0.05, 0.1) is 23.0 Å². The van der Waals surface area contributed by atoms with Gasteiger partial charge in [0, 0.05) is 75.2 Å². The lowest BCUT2D eigenvalue weighted by molar-refractivity contribution is 0.215. The minimum atomic E-state index is -2.98. The standard InChI is InChI=1S/C18H28N4O3S.C12H15ClN2O3S.C7H15N/c1-20(2)17-7-8-21(14-17)13-15-3-5-16(6-4-15)19-18(23)22-9-11-26(24,25)12-10-22;13-9-10-1-3-11(4-2-10)14-12(16)15-5-7-19(17,18)8-6-15;1-8(2)7-5-3-4-6-7/h3-6,17H,7-14H2,1-2H3,(H,19,23);1-4H,5-9H2,(H,14,16);7H,3-6H2,1-2H3/t17-;;/m1../s1. The normalized spacial score (nSPS) is 21.4. The van der Waals surface area contributed by atoms with Gasteiger partial charge in [-0.1, -0.05) is 37.1 Å². The van der Waals surface area contributed by atoms with Gasteiger partial charge in [0.25, 0.3) is 0 Å². The highest BCUT2D eigenvalue weighted by atomic mass is 35.5. The van der Waals surface area contributed by atoms with Crippen LogP contribution >= 0.6 is 11.6 Å². The average Bonchev–Trinajstić information content (AvgIpc) is 3.84. The summed E-state index contributed by atoms with van der Waals surface area (Å²) in [6, 6.07) is 16.1. The van der Waals surface area contributed by atoms with Crippen molar-refractivity contribution in [3.05, 3.63) is 59.7 Å². The van der Waals surface area contributed by atoms with Crippen molar-refractivity contribution in [3.8, 4) is 0 Å². The van der Waals surface area contributed by atoms with Gasteiger partial charge in [-0.25, -0.2) is 26.4 Å². The SMILES string of the molecule is CN(C)C1CCCC1.CN(C)[C@@H]1CCN(Cc2ccc(NC(=O)N3CCS(=O)(=O)CC3)cc2)C1.O=C(Nc1ccc(CCl)cc1)N1CCS(=O)(=O)CC1. The van der Waals surface area contributed by atoms with Crippen molar-refractivity contribution in [3.63, 3.8) is 0 Å². The molecule has 0 spiro atoms. The van der Waals surface area contributed by atoms with Gasteiger partial charge in [-0.3, -0.25) is 4.90 Å². The Kier molecular flexibility index (Phi) is 16.2. The van der Waals surface area contributed by atoms with Gasteiger partial charge in [-0.15, -0.1) is 11.6 Å². The van der Waals surface area contributed by atoms with Crippen molar-refractivity contribution in [1.82, 2.24) is 24.5 Å². The number of rotatable bonds is 7. The number of likely N-dealkylation sites (N-methyl/N-ethyl adjacent to an activating group) is 1. The third-order valence-electron chi connectivity index (χ3n) is 10.3. The number of alkyl halides is 1. The molecule has 0 bridgehead atoms. The van der Waals surface area contributed by atoms with E-state index in [1.807, 2.05) is 36.4 Å². The molecule has 3 aliphatic heterocycles. The molecule has 6 rings (SSSR count). The fourth-order valence-electron chi connectivity index (χ4n) is 6.66. The molecule has 3 heterocycles. The zero-order valence-electron chi connectivity index (χ0n) is 31.7. The number of amides is 4. The number of nitrogens with one attached hydrogen (secondary N) is 2. The molecule has 13 nitrogen and oxygen atoms in total. The first-order valence-corrected chi connectivity index (χ1v) is 22.6. The second-order valence-electron chi connectivity index (χ2n) is 14.7. The molecular weight excluding hydrogens is 738 g/mol. The molecule has 2 N–H and O–H groups in total. The topological polar surface area (TPSA) is 143 Å². The number of halogens is 1. The van der Waals surface area contributed by atoms with Gasteiger partial charge < -0.3 is 30.2 Å². The maximum Gasteiger partial charge on any atom is 0.321 e. The number of anilines is 2. The van der Waals surface area contributed by atoms with E-state index in [9.17, 15) is 26.4 Å². The molecule has 53 heavy (non-hydrogen) atoms. The van der Waals surface area contributed by atoms with E-state index in [-0.39, 0.29) is 61.3 Å². The first-order chi connectivity index (χ1) is 25.1. The highest BCUT2D eigenvalue weighted by molar-refractivity contribution is 7.91. The number of urea groups is 2. The molecule has 1 atom stereocenters. The van der Waals surface area contributed by atoms with Crippen LogP contribution in [0.15, 0.2) is 48.5 Å². The molecule has 0 unspecified atom stereocenters. The largest absolute Gasteiger partial charge is 0.322 e. The van der Waals surface area contributed by atoms with E-state index in [1.54, 1.807) is 17.0 Å². The molecule has 0 radical (unpaired) electrons. The lowest BCUT2D eigenvalue weighted by atomic mass is 10.2. The predicted molar refractivity (Wildman–Crippen MR) is 214 cm³/mol. The predicted octanol–water partition coefficient (Wildman–Crippen LogP) is 4.26. The number of carbonyl (C=O) groups excluding carboxylic acids is 2. The van der Waals surface area contributed by atoms with Crippen LogP contribution in [-0.4, -0.2) is 156 Å². The quantitative estimate of drug-likeness (QED) is 0.394. The summed E-state index contributed by atoms with van der Waals surface area (Å²) in [5.74, 6) is 0.585. The molecule has 4 aliphatic rings.